The highest BCUT2D eigenvalue weighted by atomic mass is 35.5. The van der Waals surface area contributed by atoms with Crippen molar-refractivity contribution in [2.75, 3.05) is 7.05 Å². The molecule has 0 aromatic heterocycles. The van der Waals surface area contributed by atoms with E-state index < -0.39 is 0 Å². The normalized spacial score (nSPS) is 12.8. The van der Waals surface area contributed by atoms with Crippen LogP contribution in [0.4, 0.5) is 5.69 Å². The molecule has 0 radical (unpaired) electrons. The maximum Gasteiger partial charge on any atom is 0.251 e. The van der Waals surface area contributed by atoms with Crippen LogP contribution in [0.1, 0.15) is 15.9 Å². The Bertz CT molecular complexity index is 728. The lowest BCUT2D eigenvalue weighted by molar-refractivity contribution is 0.0963. The minimum Gasteiger partial charge on any atom is -0.355 e. The average Bonchev–Trinajstić information content (AvgIpc) is 2.62. The molecule has 0 unspecified atom stereocenters. The molecule has 5 heteroatoms. The molecule has 100 valence electrons. The molecule has 0 saturated carbocycles. The number of rotatable bonds is 1. The maximum absolute atomic E-state index is 11.7. The van der Waals surface area contributed by atoms with E-state index in [-0.39, 0.29) is 5.91 Å². The van der Waals surface area contributed by atoms with E-state index in [1.807, 2.05) is 30.3 Å². The Morgan fingerprint density at radius 2 is 2.00 bits per heavy atom. The van der Waals surface area contributed by atoms with Gasteiger partial charge in [-0.05, 0) is 24.3 Å². The lowest BCUT2D eigenvalue weighted by Crippen LogP contribution is -2.17. The van der Waals surface area contributed by atoms with Gasteiger partial charge in [0.1, 0.15) is 5.17 Å². The third-order valence-electron chi connectivity index (χ3n) is 3.00. The van der Waals surface area contributed by atoms with E-state index in [4.69, 9.17) is 11.6 Å². The SMILES string of the molecule is CNC(=O)c1ccc2c(c1)N=C(Cl)c1ccccc1S2. The zero-order chi connectivity index (χ0) is 14.1. The molecule has 1 amide bonds. The Kier molecular flexibility index (Phi) is 3.51. The molecule has 0 spiro atoms. The van der Waals surface area contributed by atoms with Gasteiger partial charge in [0.15, 0.2) is 0 Å². The molecule has 2 aromatic rings. The van der Waals surface area contributed by atoms with Crippen molar-refractivity contribution in [1.82, 2.24) is 5.32 Å². The van der Waals surface area contributed by atoms with Gasteiger partial charge in [0.25, 0.3) is 5.91 Å². The van der Waals surface area contributed by atoms with E-state index in [9.17, 15) is 4.79 Å². The van der Waals surface area contributed by atoms with Gasteiger partial charge in [0, 0.05) is 28.0 Å². The van der Waals surface area contributed by atoms with Gasteiger partial charge in [-0.3, -0.25) is 4.79 Å². The molecule has 0 saturated heterocycles. The van der Waals surface area contributed by atoms with Gasteiger partial charge in [-0.2, -0.15) is 0 Å². The summed E-state index contributed by atoms with van der Waals surface area (Å²) in [4.78, 5) is 18.2. The van der Waals surface area contributed by atoms with E-state index in [0.717, 1.165) is 21.0 Å². The van der Waals surface area contributed by atoms with Crippen molar-refractivity contribution >= 4 is 40.1 Å². The quantitative estimate of drug-likeness (QED) is 0.870. The number of nitrogens with one attached hydrogen (secondary N) is 1. The number of carbonyl (C=O) groups is 1. The fourth-order valence-corrected chi connectivity index (χ4v) is 3.30. The van der Waals surface area contributed by atoms with Gasteiger partial charge < -0.3 is 5.32 Å². The van der Waals surface area contributed by atoms with Crippen LogP contribution in [0.2, 0.25) is 0 Å². The highest BCUT2D eigenvalue weighted by Crippen LogP contribution is 2.41. The van der Waals surface area contributed by atoms with Crippen LogP contribution in [0.15, 0.2) is 57.2 Å². The van der Waals surface area contributed by atoms with Gasteiger partial charge in [0.2, 0.25) is 0 Å². The molecule has 2 aromatic carbocycles. The minimum atomic E-state index is -0.133. The van der Waals surface area contributed by atoms with E-state index >= 15 is 0 Å². The van der Waals surface area contributed by atoms with Crippen molar-refractivity contribution in [2.45, 2.75) is 9.79 Å². The fraction of sp³-hybridized carbons (Fsp3) is 0.0667. The highest BCUT2D eigenvalue weighted by molar-refractivity contribution is 7.99. The lowest BCUT2D eigenvalue weighted by atomic mass is 10.2. The smallest absolute Gasteiger partial charge is 0.251 e. The molecule has 1 N–H and O–H groups in total. The summed E-state index contributed by atoms with van der Waals surface area (Å²) in [6.07, 6.45) is 0. The minimum absolute atomic E-state index is 0.133. The summed E-state index contributed by atoms with van der Waals surface area (Å²) in [5.74, 6) is -0.133. The van der Waals surface area contributed by atoms with Crippen LogP contribution in [0, 0.1) is 0 Å². The summed E-state index contributed by atoms with van der Waals surface area (Å²) in [5, 5.41) is 3.05. The van der Waals surface area contributed by atoms with Gasteiger partial charge in [-0.1, -0.05) is 41.6 Å². The van der Waals surface area contributed by atoms with Crippen molar-refractivity contribution in [3.8, 4) is 0 Å². The van der Waals surface area contributed by atoms with Crippen LogP contribution in [0.25, 0.3) is 0 Å². The summed E-state index contributed by atoms with van der Waals surface area (Å²) < 4.78 is 0. The zero-order valence-electron chi connectivity index (χ0n) is 10.7. The number of halogens is 1. The van der Waals surface area contributed by atoms with E-state index in [1.54, 1.807) is 30.9 Å². The number of aliphatic imine (C=N–C) groups is 1. The van der Waals surface area contributed by atoms with E-state index in [1.165, 1.54) is 0 Å². The molecule has 3 nitrogen and oxygen atoms in total. The Labute approximate surface area is 126 Å². The molecule has 0 atom stereocenters. The van der Waals surface area contributed by atoms with Gasteiger partial charge >= 0.3 is 0 Å². The number of carbonyl (C=O) groups excluding carboxylic acids is 1. The van der Waals surface area contributed by atoms with E-state index in [2.05, 4.69) is 10.3 Å². The Balaban J connectivity index is 2.13. The number of amides is 1. The first kappa shape index (κ1) is 13.2. The summed E-state index contributed by atoms with van der Waals surface area (Å²) in [6, 6.07) is 13.3. The summed E-state index contributed by atoms with van der Waals surface area (Å²) in [5.41, 5.74) is 2.21. The van der Waals surface area contributed by atoms with Gasteiger partial charge in [0.05, 0.1) is 5.69 Å². The van der Waals surface area contributed by atoms with Crippen LogP contribution in [0.5, 0.6) is 0 Å². The first-order valence-corrected chi connectivity index (χ1v) is 7.26. The molecule has 0 aliphatic carbocycles. The molecular formula is C15H11ClN2OS. The van der Waals surface area contributed by atoms with Crippen molar-refractivity contribution in [1.29, 1.82) is 0 Å². The molecular weight excluding hydrogens is 292 g/mol. The molecule has 1 aliphatic rings. The molecule has 0 bridgehead atoms. The molecule has 1 heterocycles. The highest BCUT2D eigenvalue weighted by Gasteiger charge is 2.17. The first-order valence-electron chi connectivity index (χ1n) is 6.06. The maximum atomic E-state index is 11.7. The van der Waals surface area contributed by atoms with E-state index in [0.29, 0.717) is 10.7 Å². The zero-order valence-corrected chi connectivity index (χ0v) is 12.3. The van der Waals surface area contributed by atoms with Crippen molar-refractivity contribution in [3.63, 3.8) is 0 Å². The summed E-state index contributed by atoms with van der Waals surface area (Å²) >= 11 is 7.89. The molecule has 0 fully saturated rings. The topological polar surface area (TPSA) is 41.5 Å². The second-order valence-corrected chi connectivity index (χ2v) is 5.70. The Morgan fingerprint density at radius 3 is 2.80 bits per heavy atom. The van der Waals surface area contributed by atoms with Crippen LogP contribution in [-0.4, -0.2) is 18.1 Å². The second kappa shape index (κ2) is 5.31. The van der Waals surface area contributed by atoms with Crippen LogP contribution >= 0.6 is 23.4 Å². The van der Waals surface area contributed by atoms with Gasteiger partial charge in [-0.25, -0.2) is 4.99 Å². The van der Waals surface area contributed by atoms with Crippen LogP contribution in [0.3, 0.4) is 0 Å². The Morgan fingerprint density at radius 1 is 1.20 bits per heavy atom. The monoisotopic (exact) mass is 302 g/mol. The number of benzene rings is 2. The first-order chi connectivity index (χ1) is 9.69. The second-order valence-electron chi connectivity index (χ2n) is 4.26. The lowest BCUT2D eigenvalue weighted by Gasteiger charge is -2.06. The van der Waals surface area contributed by atoms with Crippen molar-refractivity contribution < 1.29 is 4.79 Å². The summed E-state index contributed by atoms with van der Waals surface area (Å²) in [6.45, 7) is 0. The standard InChI is InChI=1S/C15H11ClN2OS/c1-17-15(19)9-6-7-13-11(8-9)18-14(16)10-4-2-3-5-12(10)20-13/h2-8H,1H3,(H,17,19). The third-order valence-corrected chi connectivity index (χ3v) is 4.43. The Hall–Kier alpha value is -1.78. The number of nitrogens with zero attached hydrogens (tertiary/aromatic N) is 1. The fourth-order valence-electron chi connectivity index (χ4n) is 1.99. The van der Waals surface area contributed by atoms with Gasteiger partial charge in [-0.15, -0.1) is 0 Å². The predicted octanol–water partition coefficient (Wildman–Crippen LogP) is 3.83. The third kappa shape index (κ3) is 2.32. The number of hydrogen-bond acceptors (Lipinski definition) is 3. The predicted molar refractivity (Wildman–Crippen MR) is 82.4 cm³/mol. The molecule has 1 aliphatic heterocycles. The average molecular weight is 303 g/mol. The molecule has 3 rings (SSSR count). The summed E-state index contributed by atoms with van der Waals surface area (Å²) in [7, 11) is 1.61. The van der Waals surface area contributed by atoms with Crippen molar-refractivity contribution in [2.24, 2.45) is 4.99 Å². The van der Waals surface area contributed by atoms with Crippen LogP contribution in [-0.2, 0) is 0 Å². The number of fused-ring (bicyclic) bond motifs is 2. The van der Waals surface area contributed by atoms with Crippen LogP contribution < -0.4 is 5.32 Å². The largest absolute Gasteiger partial charge is 0.355 e. The molecule has 20 heavy (non-hydrogen) atoms. The van der Waals surface area contributed by atoms with Crippen molar-refractivity contribution in [3.05, 3.63) is 53.6 Å². The number of hydrogen-bond donors (Lipinski definition) is 1.